The van der Waals surface area contributed by atoms with Gasteiger partial charge in [-0.3, -0.25) is 9.69 Å². The van der Waals surface area contributed by atoms with Crippen LogP contribution in [-0.2, 0) is 9.53 Å². The zero-order valence-corrected chi connectivity index (χ0v) is 23.9. The third-order valence-electron chi connectivity index (χ3n) is 8.29. The van der Waals surface area contributed by atoms with E-state index in [1.54, 1.807) is 18.2 Å². The third-order valence-corrected chi connectivity index (χ3v) is 8.29. The Balaban J connectivity index is 1.11. The summed E-state index contributed by atoms with van der Waals surface area (Å²) in [6.45, 7) is 4.18. The van der Waals surface area contributed by atoms with Gasteiger partial charge in [-0.15, -0.1) is 0 Å². The Labute approximate surface area is 249 Å². The average molecular weight is 588 g/mol. The van der Waals surface area contributed by atoms with Gasteiger partial charge in [-0.05, 0) is 62.2 Å². The molecule has 12 heteroatoms. The predicted octanol–water partition coefficient (Wildman–Crippen LogP) is 3.39. The van der Waals surface area contributed by atoms with Crippen LogP contribution in [0.4, 0.5) is 16.0 Å². The quantitative estimate of drug-likeness (QED) is 0.404. The molecule has 0 bridgehead atoms. The predicted molar refractivity (Wildman–Crippen MR) is 155 cm³/mol. The van der Waals surface area contributed by atoms with E-state index in [1.807, 2.05) is 12.1 Å². The number of likely N-dealkylation sites (tertiary alicyclic amines) is 2. The van der Waals surface area contributed by atoms with Crippen molar-refractivity contribution in [2.75, 3.05) is 38.2 Å². The molecule has 3 saturated heterocycles. The van der Waals surface area contributed by atoms with E-state index in [0.717, 1.165) is 31.9 Å². The van der Waals surface area contributed by atoms with Gasteiger partial charge in [-0.2, -0.15) is 10.2 Å². The summed E-state index contributed by atoms with van der Waals surface area (Å²) in [7, 11) is 0. The first-order valence-corrected chi connectivity index (χ1v) is 14.6. The fraction of sp³-hybridized carbons (Fsp3) is 0.452. The number of rotatable bonds is 8. The van der Waals surface area contributed by atoms with E-state index < -0.39 is 24.3 Å². The molecule has 3 aromatic rings. The van der Waals surface area contributed by atoms with Crippen LogP contribution in [0.25, 0.3) is 11.4 Å². The number of amides is 1. The number of halogens is 1. The van der Waals surface area contributed by atoms with Crippen molar-refractivity contribution >= 4 is 17.5 Å². The van der Waals surface area contributed by atoms with Crippen LogP contribution >= 0.6 is 0 Å². The van der Waals surface area contributed by atoms with E-state index in [2.05, 4.69) is 43.4 Å². The number of carbonyl (C=O) groups excluding carboxylic acids is 1. The number of nitrogens with one attached hydrogen (secondary N) is 1. The summed E-state index contributed by atoms with van der Waals surface area (Å²) in [5.74, 6) is 0.466. The fourth-order valence-corrected chi connectivity index (χ4v) is 5.91. The van der Waals surface area contributed by atoms with Gasteiger partial charge in [0.2, 0.25) is 5.95 Å². The Morgan fingerprint density at radius 2 is 2.00 bits per heavy atom. The number of nitriles is 1. The molecule has 6 rings (SSSR count). The highest BCUT2D eigenvalue weighted by molar-refractivity contribution is 5.80. The van der Waals surface area contributed by atoms with Gasteiger partial charge in [-0.25, -0.2) is 14.4 Å². The molecule has 1 aromatic heterocycles. The van der Waals surface area contributed by atoms with Crippen LogP contribution < -0.4 is 10.1 Å². The van der Waals surface area contributed by atoms with Crippen LogP contribution in [-0.4, -0.2) is 93.0 Å². The van der Waals surface area contributed by atoms with Gasteiger partial charge in [-0.1, -0.05) is 12.1 Å². The second kappa shape index (κ2) is 12.6. The lowest BCUT2D eigenvalue weighted by molar-refractivity contribution is -0.143. The number of anilines is 2. The van der Waals surface area contributed by atoms with E-state index in [0.29, 0.717) is 29.4 Å². The molecule has 4 heterocycles. The van der Waals surface area contributed by atoms with Crippen LogP contribution in [0.3, 0.4) is 0 Å². The highest BCUT2D eigenvalue weighted by Gasteiger charge is 2.36. The van der Waals surface area contributed by atoms with Crippen LogP contribution in [0.1, 0.15) is 43.4 Å². The number of aliphatic hydroxyl groups is 1. The maximum Gasteiger partial charge on any atom is 0.251 e. The van der Waals surface area contributed by atoms with Gasteiger partial charge in [0.25, 0.3) is 5.91 Å². The number of nitrogens with zero attached hydrogens (tertiary/aromatic N) is 6. The minimum absolute atomic E-state index is 0.174. The Bertz CT molecular complexity index is 1490. The molecule has 3 aliphatic rings. The molecule has 0 spiro atoms. The number of piperidine rings is 1. The number of hydrogen-bond acceptors (Lipinski definition) is 10. The molecule has 0 aliphatic carbocycles. The summed E-state index contributed by atoms with van der Waals surface area (Å²) >= 11 is 0. The largest absolute Gasteiger partial charge is 0.486 e. The van der Waals surface area contributed by atoms with E-state index in [-0.39, 0.29) is 30.8 Å². The summed E-state index contributed by atoms with van der Waals surface area (Å²) in [6.07, 6.45) is 0.523. The minimum atomic E-state index is -1.46. The van der Waals surface area contributed by atoms with Crippen molar-refractivity contribution in [2.24, 2.45) is 0 Å². The molecule has 43 heavy (non-hydrogen) atoms. The lowest BCUT2D eigenvalue weighted by Crippen LogP contribution is -2.51. The van der Waals surface area contributed by atoms with Crippen molar-refractivity contribution in [1.29, 1.82) is 5.26 Å². The van der Waals surface area contributed by atoms with Crippen molar-refractivity contribution in [3.05, 3.63) is 59.9 Å². The Hall–Kier alpha value is -4.18. The van der Waals surface area contributed by atoms with Gasteiger partial charge >= 0.3 is 0 Å². The first-order chi connectivity index (χ1) is 20.9. The normalized spacial score (nSPS) is 23.3. The lowest BCUT2D eigenvalue weighted by atomic mass is 10.0. The van der Waals surface area contributed by atoms with Crippen LogP contribution in [0.15, 0.2) is 48.8 Å². The average Bonchev–Trinajstić information content (AvgIpc) is 3.46. The summed E-state index contributed by atoms with van der Waals surface area (Å²) < 4.78 is 26.1. The lowest BCUT2D eigenvalue weighted by Gasteiger charge is -2.38. The van der Waals surface area contributed by atoms with Gasteiger partial charge < -0.3 is 24.8 Å². The Morgan fingerprint density at radius 1 is 1.19 bits per heavy atom. The molecular weight excluding hydrogens is 553 g/mol. The van der Waals surface area contributed by atoms with Crippen molar-refractivity contribution in [1.82, 2.24) is 24.8 Å². The molecule has 4 atom stereocenters. The van der Waals surface area contributed by atoms with E-state index in [1.165, 1.54) is 30.1 Å². The topological polar surface area (TPSA) is 137 Å². The first kappa shape index (κ1) is 28.9. The SMILES string of the molecule is C[C@H](O)C(=O)N1CC[C@H](Oc2ccc(-c3ncnc(Nc4ccc([C@H]5CCCN5C5COC5)cc4)n3)cc2C#N)[C@@H](F)C1. The smallest absolute Gasteiger partial charge is 0.251 e. The van der Waals surface area contributed by atoms with Gasteiger partial charge in [0.15, 0.2) is 12.0 Å². The second-order valence-corrected chi connectivity index (χ2v) is 11.2. The van der Waals surface area contributed by atoms with Gasteiger partial charge in [0.05, 0.1) is 31.4 Å². The summed E-state index contributed by atoms with van der Waals surface area (Å²) in [4.78, 5) is 28.9. The van der Waals surface area contributed by atoms with Gasteiger partial charge in [0, 0.05) is 30.3 Å². The van der Waals surface area contributed by atoms with Crippen LogP contribution in [0.5, 0.6) is 5.75 Å². The van der Waals surface area contributed by atoms with Crippen molar-refractivity contribution < 1.29 is 23.8 Å². The number of aromatic nitrogens is 3. The summed E-state index contributed by atoms with van der Waals surface area (Å²) in [5.41, 5.74) is 2.93. The molecule has 2 aromatic carbocycles. The van der Waals surface area contributed by atoms with Crippen LogP contribution in [0, 0.1) is 11.3 Å². The fourth-order valence-electron chi connectivity index (χ4n) is 5.91. The van der Waals surface area contributed by atoms with Gasteiger partial charge in [0.1, 0.15) is 30.4 Å². The maximum atomic E-state index is 14.9. The monoisotopic (exact) mass is 587 g/mol. The second-order valence-electron chi connectivity index (χ2n) is 11.2. The zero-order chi connectivity index (χ0) is 29.9. The zero-order valence-electron chi connectivity index (χ0n) is 23.9. The van der Waals surface area contributed by atoms with E-state index in [9.17, 15) is 19.6 Å². The number of ether oxygens (including phenoxy) is 2. The van der Waals surface area contributed by atoms with E-state index >= 15 is 0 Å². The molecule has 11 nitrogen and oxygen atoms in total. The molecular formula is C31H34FN7O4. The standard InChI is InChI=1S/C31H34FN7O4/c1-19(40)30(41)38-12-10-28(25(32)15-38)43-27-9-6-21(13-22(27)14-33)29-34-18-35-31(37-29)36-23-7-4-20(5-8-23)26-3-2-11-39(26)24-16-42-17-24/h4-9,13,18-19,24-26,28,40H,2-3,10-12,15-17H2,1H3,(H,34,35,36,37)/t19-,25-,26+,28-/m0/s1. The van der Waals surface area contributed by atoms with Crippen molar-refractivity contribution in [2.45, 2.75) is 56.6 Å². The molecule has 0 unspecified atom stereocenters. The first-order valence-electron chi connectivity index (χ1n) is 14.6. The highest BCUT2D eigenvalue weighted by Crippen LogP contribution is 2.36. The highest BCUT2D eigenvalue weighted by atomic mass is 19.1. The number of hydrogen-bond donors (Lipinski definition) is 2. The van der Waals surface area contributed by atoms with Crippen molar-refractivity contribution in [3.63, 3.8) is 0 Å². The third kappa shape index (κ3) is 6.29. The molecule has 3 aliphatic heterocycles. The maximum absolute atomic E-state index is 14.9. The molecule has 2 N–H and O–H groups in total. The molecule has 0 saturated carbocycles. The molecule has 1 amide bonds. The van der Waals surface area contributed by atoms with E-state index in [4.69, 9.17) is 9.47 Å². The van der Waals surface area contributed by atoms with Crippen LogP contribution in [0.2, 0.25) is 0 Å². The molecule has 224 valence electrons. The number of alkyl halides is 1. The number of aliphatic hydroxyl groups excluding tert-OH is 1. The molecule has 0 radical (unpaired) electrons. The number of benzene rings is 2. The Kier molecular flexibility index (Phi) is 8.47. The number of carbonyl (C=O) groups is 1. The van der Waals surface area contributed by atoms with Crippen molar-refractivity contribution in [3.8, 4) is 23.2 Å². The molecule has 3 fully saturated rings. The summed E-state index contributed by atoms with van der Waals surface area (Å²) in [5, 5.41) is 22.5. The summed E-state index contributed by atoms with van der Waals surface area (Å²) in [6, 6.07) is 16.3. The minimum Gasteiger partial charge on any atom is -0.486 e. The Morgan fingerprint density at radius 3 is 2.70 bits per heavy atom.